The van der Waals surface area contributed by atoms with Crippen LogP contribution in [0.3, 0.4) is 0 Å². The molecule has 1 aromatic carbocycles. The zero-order valence-electron chi connectivity index (χ0n) is 12.1. The van der Waals surface area contributed by atoms with Gasteiger partial charge in [-0.3, -0.25) is 4.90 Å². The summed E-state index contributed by atoms with van der Waals surface area (Å²) in [5.74, 6) is 3.21. The molecule has 1 fully saturated rings. The normalized spacial score (nSPS) is 28.7. The summed E-state index contributed by atoms with van der Waals surface area (Å²) in [6.07, 6.45) is 2.54. The topological polar surface area (TPSA) is 21.7 Å². The summed E-state index contributed by atoms with van der Waals surface area (Å²) in [5.41, 5.74) is 2.92. The van der Waals surface area contributed by atoms with E-state index in [9.17, 15) is 0 Å². The number of fused-ring (bicyclic) bond motifs is 2. The lowest BCUT2D eigenvalue weighted by Gasteiger charge is -2.34. The fourth-order valence-corrected chi connectivity index (χ4v) is 3.73. The number of rotatable bonds is 3. The molecule has 3 nitrogen and oxygen atoms in total. The van der Waals surface area contributed by atoms with Crippen LogP contribution in [0.5, 0.6) is 11.5 Å². The maximum atomic E-state index is 5.48. The van der Waals surface area contributed by atoms with Crippen LogP contribution >= 0.6 is 0 Å². The fourth-order valence-electron chi connectivity index (χ4n) is 3.73. The van der Waals surface area contributed by atoms with Gasteiger partial charge in [-0.1, -0.05) is 13.3 Å². The van der Waals surface area contributed by atoms with Crippen molar-refractivity contribution in [3.63, 3.8) is 0 Å². The number of hydrogen-bond acceptors (Lipinski definition) is 3. The molecule has 3 aliphatic heterocycles. The van der Waals surface area contributed by atoms with E-state index in [0.717, 1.165) is 24.0 Å². The molecule has 1 unspecified atom stereocenters. The second kappa shape index (κ2) is 5.04. The average molecular weight is 261 g/mol. The molecule has 0 aromatic heterocycles. The summed E-state index contributed by atoms with van der Waals surface area (Å²) in [4.78, 5) is 2.59. The monoisotopic (exact) mass is 261 g/mol. The quantitative estimate of drug-likeness (QED) is 0.835. The van der Waals surface area contributed by atoms with Crippen molar-refractivity contribution in [1.82, 2.24) is 4.90 Å². The van der Waals surface area contributed by atoms with E-state index in [0.29, 0.717) is 5.92 Å². The molecule has 104 valence electrons. The first-order valence-corrected chi connectivity index (χ1v) is 7.24. The van der Waals surface area contributed by atoms with Crippen LogP contribution in [0.2, 0.25) is 0 Å². The zero-order valence-corrected chi connectivity index (χ0v) is 12.1. The molecule has 4 rings (SSSR count). The number of benzene rings is 1. The maximum absolute atomic E-state index is 5.48. The third-order valence-electron chi connectivity index (χ3n) is 4.78. The molecular formula is C16H23NO2. The SMILES string of the molecule is CC[C@@H]1CN2CC[C@@H]1c1cc(OC)c(OC)cc1C2. The smallest absolute Gasteiger partial charge is 0.161 e. The van der Waals surface area contributed by atoms with Gasteiger partial charge < -0.3 is 9.47 Å². The Kier molecular flexibility index (Phi) is 3.40. The van der Waals surface area contributed by atoms with Crippen molar-refractivity contribution in [3.8, 4) is 11.5 Å². The van der Waals surface area contributed by atoms with Crippen LogP contribution in [0.15, 0.2) is 12.1 Å². The molecule has 0 saturated carbocycles. The van der Waals surface area contributed by atoms with Crippen molar-refractivity contribution >= 4 is 0 Å². The lowest BCUT2D eigenvalue weighted by molar-refractivity contribution is 0.159. The van der Waals surface area contributed by atoms with Crippen LogP contribution < -0.4 is 9.47 Å². The molecule has 19 heavy (non-hydrogen) atoms. The minimum Gasteiger partial charge on any atom is -0.493 e. The van der Waals surface area contributed by atoms with Crippen LogP contribution in [-0.2, 0) is 6.54 Å². The Morgan fingerprint density at radius 3 is 2.63 bits per heavy atom. The Hall–Kier alpha value is -1.22. The predicted molar refractivity (Wildman–Crippen MR) is 76.0 cm³/mol. The van der Waals surface area contributed by atoms with Gasteiger partial charge in [0.1, 0.15) is 0 Å². The van der Waals surface area contributed by atoms with E-state index in [1.165, 1.54) is 37.1 Å². The van der Waals surface area contributed by atoms with Crippen molar-refractivity contribution in [2.24, 2.45) is 5.92 Å². The van der Waals surface area contributed by atoms with Crippen molar-refractivity contribution in [1.29, 1.82) is 0 Å². The van der Waals surface area contributed by atoms with E-state index in [-0.39, 0.29) is 0 Å². The van der Waals surface area contributed by atoms with Crippen molar-refractivity contribution in [2.75, 3.05) is 27.3 Å². The molecule has 0 amide bonds. The lowest BCUT2D eigenvalue weighted by Crippen LogP contribution is -2.35. The predicted octanol–water partition coefficient (Wildman–Crippen LogP) is 3.03. The number of hydrogen-bond donors (Lipinski definition) is 0. The summed E-state index contributed by atoms with van der Waals surface area (Å²) in [6, 6.07) is 4.40. The molecule has 3 heterocycles. The molecule has 0 spiro atoms. The van der Waals surface area contributed by atoms with Crippen LogP contribution in [0.4, 0.5) is 0 Å². The van der Waals surface area contributed by atoms with Crippen LogP contribution in [-0.4, -0.2) is 32.2 Å². The number of piperidine rings is 1. The Morgan fingerprint density at radius 2 is 1.95 bits per heavy atom. The molecule has 1 saturated heterocycles. The first kappa shape index (κ1) is 12.8. The molecule has 3 heteroatoms. The second-order valence-electron chi connectivity index (χ2n) is 5.70. The van der Waals surface area contributed by atoms with Gasteiger partial charge in [0, 0.05) is 13.1 Å². The Labute approximate surface area is 115 Å². The molecular weight excluding hydrogens is 238 g/mol. The molecule has 1 aromatic rings. The largest absolute Gasteiger partial charge is 0.493 e. The highest BCUT2D eigenvalue weighted by Crippen LogP contribution is 2.44. The fraction of sp³-hybridized carbons (Fsp3) is 0.625. The van der Waals surface area contributed by atoms with Gasteiger partial charge in [0.25, 0.3) is 0 Å². The van der Waals surface area contributed by atoms with Crippen LogP contribution in [0.25, 0.3) is 0 Å². The van der Waals surface area contributed by atoms with Gasteiger partial charge in [0.2, 0.25) is 0 Å². The Morgan fingerprint density at radius 1 is 1.21 bits per heavy atom. The highest BCUT2D eigenvalue weighted by Gasteiger charge is 2.35. The number of methoxy groups -OCH3 is 2. The molecule has 2 bridgehead atoms. The molecule has 0 aliphatic carbocycles. The minimum atomic E-state index is 0.693. The van der Waals surface area contributed by atoms with Gasteiger partial charge in [-0.05, 0) is 48.1 Å². The van der Waals surface area contributed by atoms with Gasteiger partial charge in [0.15, 0.2) is 11.5 Å². The van der Waals surface area contributed by atoms with Gasteiger partial charge in [-0.2, -0.15) is 0 Å². The second-order valence-corrected chi connectivity index (χ2v) is 5.70. The van der Waals surface area contributed by atoms with E-state index in [4.69, 9.17) is 9.47 Å². The first-order chi connectivity index (χ1) is 9.26. The molecule has 0 radical (unpaired) electrons. The first-order valence-electron chi connectivity index (χ1n) is 7.24. The highest BCUT2D eigenvalue weighted by atomic mass is 16.5. The van der Waals surface area contributed by atoms with E-state index >= 15 is 0 Å². The summed E-state index contributed by atoms with van der Waals surface area (Å²) < 4.78 is 10.9. The van der Waals surface area contributed by atoms with Crippen molar-refractivity contribution in [3.05, 3.63) is 23.3 Å². The van der Waals surface area contributed by atoms with Crippen molar-refractivity contribution in [2.45, 2.75) is 32.2 Å². The highest BCUT2D eigenvalue weighted by molar-refractivity contribution is 5.49. The summed E-state index contributed by atoms with van der Waals surface area (Å²) >= 11 is 0. The molecule has 3 atom stereocenters. The number of ether oxygens (including phenoxy) is 2. The summed E-state index contributed by atoms with van der Waals surface area (Å²) in [6.45, 7) is 5.83. The third kappa shape index (κ3) is 2.10. The Balaban J connectivity index is 2.08. The van der Waals surface area contributed by atoms with Crippen LogP contribution in [0.1, 0.15) is 36.8 Å². The van der Waals surface area contributed by atoms with Crippen molar-refractivity contribution < 1.29 is 9.47 Å². The van der Waals surface area contributed by atoms with Gasteiger partial charge in [-0.25, -0.2) is 0 Å². The van der Waals surface area contributed by atoms with Gasteiger partial charge >= 0.3 is 0 Å². The summed E-state index contributed by atoms with van der Waals surface area (Å²) in [7, 11) is 3.43. The minimum absolute atomic E-state index is 0.693. The standard InChI is InChI=1S/C16H23NO2/c1-4-11-9-17-6-5-13(11)14-8-16(19-3)15(18-2)7-12(14)10-17/h7-8,11,13H,4-6,9-10H2,1-3H3/t11-,13+/m1/s1. The molecule has 3 aliphatic rings. The maximum Gasteiger partial charge on any atom is 0.161 e. The van der Waals surface area contributed by atoms with E-state index in [1.54, 1.807) is 14.2 Å². The lowest BCUT2D eigenvalue weighted by atomic mass is 9.79. The Bertz CT molecular complexity index is 472. The van der Waals surface area contributed by atoms with E-state index in [1.807, 2.05) is 0 Å². The third-order valence-corrected chi connectivity index (χ3v) is 4.78. The summed E-state index contributed by atoms with van der Waals surface area (Å²) in [5, 5.41) is 0. The van der Waals surface area contributed by atoms with E-state index < -0.39 is 0 Å². The van der Waals surface area contributed by atoms with Gasteiger partial charge in [-0.15, -0.1) is 0 Å². The van der Waals surface area contributed by atoms with Gasteiger partial charge in [0.05, 0.1) is 14.2 Å². The van der Waals surface area contributed by atoms with Crippen LogP contribution in [0, 0.1) is 5.92 Å². The number of nitrogens with zero attached hydrogens (tertiary/aromatic N) is 1. The van der Waals surface area contributed by atoms with E-state index in [2.05, 4.69) is 24.0 Å². The zero-order chi connectivity index (χ0) is 13.4. The molecule has 0 N–H and O–H groups in total. The average Bonchev–Trinajstić information content (AvgIpc) is 2.71.